The van der Waals surface area contributed by atoms with E-state index in [0.29, 0.717) is 56.4 Å². The number of rotatable bonds is 7. The normalized spacial score (nSPS) is 21.2. The van der Waals surface area contributed by atoms with Crippen LogP contribution in [0, 0.1) is 0 Å². The summed E-state index contributed by atoms with van der Waals surface area (Å²) in [5.41, 5.74) is 0.487. The fourth-order valence-electron chi connectivity index (χ4n) is 5.64. The number of hydrogen-bond donors (Lipinski definition) is 2. The van der Waals surface area contributed by atoms with Gasteiger partial charge in [-0.3, -0.25) is 14.4 Å². The van der Waals surface area contributed by atoms with E-state index >= 15 is 0 Å². The average Bonchev–Trinajstić information content (AvgIpc) is 3.45. The first kappa shape index (κ1) is 31.7. The summed E-state index contributed by atoms with van der Waals surface area (Å²) >= 11 is 6.46. The van der Waals surface area contributed by atoms with E-state index in [0.717, 1.165) is 22.2 Å². The summed E-state index contributed by atoms with van der Waals surface area (Å²) in [5.74, 6) is -0.527. The molecular formula is C28H33ClF3N7O5. The molecule has 0 aromatic carbocycles. The summed E-state index contributed by atoms with van der Waals surface area (Å²) in [6, 6.07) is 0. The van der Waals surface area contributed by atoms with Gasteiger partial charge in [-0.1, -0.05) is 19.1 Å². The zero-order valence-electron chi connectivity index (χ0n) is 24.3. The molecule has 1 atom stereocenters. The predicted octanol–water partition coefficient (Wildman–Crippen LogP) is 1.79. The van der Waals surface area contributed by atoms with E-state index in [9.17, 15) is 32.7 Å². The lowest BCUT2D eigenvalue weighted by atomic mass is 9.91. The Morgan fingerprint density at radius 2 is 1.93 bits per heavy atom. The summed E-state index contributed by atoms with van der Waals surface area (Å²) in [4.78, 5) is 45.9. The number of nitrogens with zero attached hydrogens (tertiary/aromatic N) is 6. The van der Waals surface area contributed by atoms with Crippen LogP contribution in [0.2, 0.25) is 0 Å². The minimum atomic E-state index is -4.54. The third-order valence-electron chi connectivity index (χ3n) is 7.97. The molecule has 1 unspecified atom stereocenters. The summed E-state index contributed by atoms with van der Waals surface area (Å²) in [7, 11) is 0. The van der Waals surface area contributed by atoms with Crippen LogP contribution in [0.25, 0.3) is 11.4 Å². The molecule has 4 heterocycles. The van der Waals surface area contributed by atoms with Gasteiger partial charge in [-0.25, -0.2) is 0 Å². The highest BCUT2D eigenvalue weighted by Gasteiger charge is 2.41. The van der Waals surface area contributed by atoms with Gasteiger partial charge in [-0.05, 0) is 31.4 Å². The van der Waals surface area contributed by atoms with E-state index in [2.05, 4.69) is 15.4 Å². The van der Waals surface area contributed by atoms with E-state index in [1.807, 2.05) is 17.9 Å². The van der Waals surface area contributed by atoms with Crippen LogP contribution in [0.5, 0.6) is 0 Å². The first-order valence-corrected chi connectivity index (χ1v) is 14.6. The number of anilines is 1. The van der Waals surface area contributed by atoms with Gasteiger partial charge in [0.05, 0.1) is 23.8 Å². The van der Waals surface area contributed by atoms with Crippen molar-refractivity contribution in [1.82, 2.24) is 29.4 Å². The standard InChI is InChI=1S/C28H33ClF3N7O5/c1-3-19-23(37-10-8-36(9-11-37)22(42)16-40)25(43)39-26(34-24(35-39)17-6-12-44-13-7-17)38(19)15-21(41)33-20-5-4-18(28(30,31)32)14-27(20,2)29/h4-6,40H,3,7-16H2,1-2H3,(H,33,41). The van der Waals surface area contributed by atoms with Crippen LogP contribution in [-0.2, 0) is 27.3 Å². The number of allylic oxidation sites excluding steroid dienone is 4. The van der Waals surface area contributed by atoms with Crippen LogP contribution in [-0.4, -0.2) is 98.0 Å². The molecule has 2 N–H and O–H groups in total. The van der Waals surface area contributed by atoms with E-state index < -0.39 is 47.0 Å². The Balaban J connectivity index is 1.54. The van der Waals surface area contributed by atoms with Gasteiger partial charge in [0, 0.05) is 43.9 Å². The Hall–Kier alpha value is -3.69. The highest BCUT2D eigenvalue weighted by Crippen LogP contribution is 2.40. The number of ether oxygens (including phenoxy) is 1. The number of aliphatic hydroxyl groups is 1. The minimum absolute atomic E-state index is 0.117. The molecule has 2 aliphatic heterocycles. The zero-order chi connectivity index (χ0) is 31.8. The molecule has 2 aromatic heterocycles. The summed E-state index contributed by atoms with van der Waals surface area (Å²) in [6.07, 6.45) is -0.304. The lowest BCUT2D eigenvalue weighted by Crippen LogP contribution is -2.51. The summed E-state index contributed by atoms with van der Waals surface area (Å²) in [5, 5.41) is 16.4. The van der Waals surface area contributed by atoms with Crippen molar-refractivity contribution in [3.8, 4) is 0 Å². The van der Waals surface area contributed by atoms with Crippen LogP contribution in [0.3, 0.4) is 0 Å². The number of carbonyl (C=O) groups is 2. The minimum Gasteiger partial charge on any atom is -0.387 e. The SMILES string of the molecule is CCc1c(N2CCN(C(=O)CO)CC2)c(=O)n2nc(C3=CCOCC3)nc2n1CC(=O)NC1=CC=C(C(F)(F)F)CC1(C)Cl. The Kier molecular flexibility index (Phi) is 8.92. The molecular weight excluding hydrogens is 607 g/mol. The molecule has 5 rings (SSSR count). The Labute approximate surface area is 255 Å². The van der Waals surface area contributed by atoms with Crippen LogP contribution in [0.15, 0.2) is 34.3 Å². The van der Waals surface area contributed by atoms with Crippen molar-refractivity contribution in [3.63, 3.8) is 0 Å². The highest BCUT2D eigenvalue weighted by atomic mass is 35.5. The topological polar surface area (TPSA) is 134 Å². The van der Waals surface area contributed by atoms with Gasteiger partial charge in [0.2, 0.25) is 17.6 Å². The second-order valence-corrected chi connectivity index (χ2v) is 11.8. The van der Waals surface area contributed by atoms with Gasteiger partial charge >= 0.3 is 6.18 Å². The number of amides is 2. The van der Waals surface area contributed by atoms with Gasteiger partial charge in [-0.15, -0.1) is 16.7 Å². The maximum atomic E-state index is 13.9. The Morgan fingerprint density at radius 1 is 1.20 bits per heavy atom. The largest absolute Gasteiger partial charge is 0.412 e. The van der Waals surface area contributed by atoms with Crippen molar-refractivity contribution >= 4 is 40.5 Å². The number of alkyl halides is 4. The number of piperazine rings is 1. The number of nitrogens with one attached hydrogen (secondary N) is 1. The molecule has 3 aliphatic rings. The van der Waals surface area contributed by atoms with Crippen molar-refractivity contribution in [2.24, 2.45) is 0 Å². The lowest BCUT2D eigenvalue weighted by Gasteiger charge is -2.36. The van der Waals surface area contributed by atoms with Crippen LogP contribution >= 0.6 is 11.6 Å². The fourth-order valence-corrected chi connectivity index (χ4v) is 5.90. The molecule has 44 heavy (non-hydrogen) atoms. The van der Waals surface area contributed by atoms with Crippen molar-refractivity contribution in [1.29, 1.82) is 0 Å². The first-order chi connectivity index (χ1) is 20.8. The molecule has 1 saturated heterocycles. The number of carbonyl (C=O) groups excluding carboxylic acids is 2. The quantitative estimate of drug-likeness (QED) is 0.438. The maximum Gasteiger partial charge on any atom is 0.412 e. The zero-order valence-corrected chi connectivity index (χ0v) is 25.0. The monoisotopic (exact) mass is 639 g/mol. The van der Waals surface area contributed by atoms with Crippen LogP contribution in [0.4, 0.5) is 18.9 Å². The fraction of sp³-hybridized carbons (Fsp3) is 0.536. The number of fused-ring (bicyclic) bond motifs is 1. The average molecular weight is 640 g/mol. The van der Waals surface area contributed by atoms with Gasteiger partial charge < -0.3 is 29.5 Å². The van der Waals surface area contributed by atoms with Gasteiger partial charge in [-0.2, -0.15) is 22.7 Å². The summed E-state index contributed by atoms with van der Waals surface area (Å²) in [6.45, 7) is 4.31. The van der Waals surface area contributed by atoms with Crippen LogP contribution < -0.4 is 15.8 Å². The number of halogens is 4. The van der Waals surface area contributed by atoms with Gasteiger partial charge in [0.15, 0.2) is 5.82 Å². The molecule has 16 heteroatoms. The number of aliphatic hydroxyl groups excluding tert-OH is 1. The van der Waals surface area contributed by atoms with Crippen molar-refractivity contribution in [2.45, 2.75) is 50.7 Å². The Morgan fingerprint density at radius 3 is 2.52 bits per heavy atom. The van der Waals surface area contributed by atoms with Crippen molar-refractivity contribution < 1.29 is 32.6 Å². The van der Waals surface area contributed by atoms with Crippen LogP contribution in [0.1, 0.15) is 38.2 Å². The van der Waals surface area contributed by atoms with E-state index in [1.165, 1.54) is 11.8 Å². The van der Waals surface area contributed by atoms with Gasteiger partial charge in [0.25, 0.3) is 5.56 Å². The molecule has 12 nitrogen and oxygen atoms in total. The molecule has 2 amide bonds. The molecule has 0 radical (unpaired) electrons. The maximum absolute atomic E-state index is 13.9. The van der Waals surface area contributed by atoms with Crippen molar-refractivity contribution in [2.75, 3.05) is 50.9 Å². The molecule has 1 aliphatic carbocycles. The second-order valence-electron chi connectivity index (χ2n) is 11.0. The van der Waals surface area contributed by atoms with E-state index in [-0.39, 0.29) is 31.1 Å². The van der Waals surface area contributed by atoms with E-state index in [1.54, 1.807) is 4.57 Å². The molecule has 1 fully saturated rings. The number of aromatic nitrogens is 4. The van der Waals surface area contributed by atoms with Crippen molar-refractivity contribution in [3.05, 3.63) is 51.4 Å². The molecule has 0 bridgehead atoms. The molecule has 238 valence electrons. The predicted molar refractivity (Wildman–Crippen MR) is 155 cm³/mol. The van der Waals surface area contributed by atoms with E-state index in [4.69, 9.17) is 16.3 Å². The summed E-state index contributed by atoms with van der Waals surface area (Å²) < 4.78 is 48.0. The number of hydrogen-bond acceptors (Lipinski definition) is 8. The van der Waals surface area contributed by atoms with Gasteiger partial charge in [0.1, 0.15) is 18.8 Å². The Bertz CT molecular complexity index is 1620. The smallest absolute Gasteiger partial charge is 0.387 e. The highest BCUT2D eigenvalue weighted by molar-refractivity contribution is 6.26. The molecule has 2 aromatic rings. The first-order valence-electron chi connectivity index (χ1n) is 14.2. The molecule has 0 saturated carbocycles. The second kappa shape index (κ2) is 12.4. The lowest BCUT2D eigenvalue weighted by molar-refractivity contribution is -0.134. The molecule has 0 spiro atoms. The third kappa shape index (κ3) is 6.26. The third-order valence-corrected chi connectivity index (χ3v) is 8.31.